The van der Waals surface area contributed by atoms with E-state index in [1.54, 1.807) is 32.6 Å². The highest BCUT2D eigenvalue weighted by atomic mass is 16.5. The normalized spacial score (nSPS) is 11.6. The molecule has 0 spiro atoms. The number of benzene rings is 2. The zero-order valence-electron chi connectivity index (χ0n) is 20.0. The van der Waals surface area contributed by atoms with E-state index >= 15 is 0 Å². The number of aromatic nitrogens is 1. The zero-order valence-corrected chi connectivity index (χ0v) is 20.0. The highest BCUT2D eigenvalue weighted by Crippen LogP contribution is 2.27. The second kappa shape index (κ2) is 13.0. The van der Waals surface area contributed by atoms with Crippen LogP contribution in [0.2, 0.25) is 0 Å². The van der Waals surface area contributed by atoms with Crippen molar-refractivity contribution in [2.75, 3.05) is 14.2 Å². The average molecular weight is 457 g/mol. The van der Waals surface area contributed by atoms with Crippen molar-refractivity contribution in [2.24, 2.45) is 0 Å². The second-order valence-electron chi connectivity index (χ2n) is 8.06. The number of amides is 1. The van der Waals surface area contributed by atoms with E-state index in [2.05, 4.69) is 16.4 Å². The van der Waals surface area contributed by atoms with Crippen LogP contribution in [-0.2, 0) is 11.2 Å². The summed E-state index contributed by atoms with van der Waals surface area (Å²) in [4.78, 5) is 16.6. The molecule has 176 valence electrons. The van der Waals surface area contributed by atoms with Crippen molar-refractivity contribution >= 4 is 11.5 Å². The smallest absolute Gasteiger partial charge is 0.244 e. The third kappa shape index (κ3) is 7.62. The van der Waals surface area contributed by atoms with E-state index in [9.17, 15) is 4.79 Å². The minimum Gasteiger partial charge on any atom is -0.497 e. The Labute approximate surface area is 202 Å². The Morgan fingerprint density at radius 2 is 1.59 bits per heavy atom. The first-order chi connectivity index (χ1) is 16.6. The summed E-state index contributed by atoms with van der Waals surface area (Å²) in [5, 5.41) is 3.05. The Morgan fingerprint density at radius 1 is 0.971 bits per heavy atom. The molecule has 3 aromatic rings. The number of ether oxygens (including phenoxy) is 2. The molecular weight excluding hydrogens is 424 g/mol. The van der Waals surface area contributed by atoms with E-state index in [4.69, 9.17) is 9.47 Å². The fraction of sp³-hybridized carbons (Fsp3) is 0.241. The Kier molecular flexibility index (Phi) is 9.47. The molecule has 1 aromatic heterocycles. The van der Waals surface area contributed by atoms with E-state index in [1.165, 1.54) is 5.56 Å². The Balaban J connectivity index is 1.64. The molecule has 0 radical (unpaired) electrons. The van der Waals surface area contributed by atoms with Gasteiger partial charge in [0.15, 0.2) is 0 Å². The number of nitrogens with one attached hydrogen (secondary N) is 1. The summed E-state index contributed by atoms with van der Waals surface area (Å²) in [7, 11) is 3.30. The van der Waals surface area contributed by atoms with Crippen molar-refractivity contribution in [1.82, 2.24) is 10.3 Å². The van der Waals surface area contributed by atoms with Gasteiger partial charge in [-0.2, -0.15) is 0 Å². The van der Waals surface area contributed by atoms with E-state index in [0.29, 0.717) is 0 Å². The molecule has 1 unspecified atom stereocenters. The Bertz CT molecular complexity index is 1040. The van der Waals surface area contributed by atoms with Crippen molar-refractivity contribution in [1.29, 1.82) is 0 Å². The van der Waals surface area contributed by atoms with Gasteiger partial charge in [0.2, 0.25) is 5.91 Å². The quantitative estimate of drug-likeness (QED) is 0.301. The number of hydrogen-bond acceptors (Lipinski definition) is 4. The van der Waals surface area contributed by atoms with Crippen LogP contribution in [0.4, 0.5) is 0 Å². The van der Waals surface area contributed by atoms with Gasteiger partial charge in [0, 0.05) is 24.5 Å². The molecule has 0 bridgehead atoms. The molecule has 0 aliphatic rings. The molecule has 2 aromatic carbocycles. The first-order valence-corrected chi connectivity index (χ1v) is 11.5. The molecular formula is C29H32N2O3. The monoisotopic (exact) mass is 456 g/mol. The first kappa shape index (κ1) is 24.8. The number of methoxy groups -OCH3 is 2. The van der Waals surface area contributed by atoms with E-state index in [-0.39, 0.29) is 11.9 Å². The minimum absolute atomic E-state index is 0.0976. The molecule has 34 heavy (non-hydrogen) atoms. The van der Waals surface area contributed by atoms with E-state index in [1.807, 2.05) is 73.8 Å². The van der Waals surface area contributed by atoms with E-state index in [0.717, 1.165) is 47.5 Å². The highest BCUT2D eigenvalue weighted by molar-refractivity contribution is 5.89. The van der Waals surface area contributed by atoms with Gasteiger partial charge < -0.3 is 14.8 Å². The second-order valence-corrected chi connectivity index (χ2v) is 8.06. The standard InChI is InChI=1S/C29H32N2O3/c1-22(7-4-8-23-9-6-20-30-21-23)31-29(32)11-5-10-28(24-12-16-26(33-2)17-13-24)25-14-18-27(34-3)19-15-25/h5-6,9-22H,4,7-8H2,1-3H3,(H,31,32)/b11-5+. The van der Waals surface area contributed by atoms with Crippen LogP contribution >= 0.6 is 0 Å². The lowest BCUT2D eigenvalue weighted by atomic mass is 9.97. The van der Waals surface area contributed by atoms with Gasteiger partial charge in [-0.25, -0.2) is 0 Å². The van der Waals surface area contributed by atoms with Crippen molar-refractivity contribution in [3.63, 3.8) is 0 Å². The van der Waals surface area contributed by atoms with Crippen LogP contribution in [-0.4, -0.2) is 31.2 Å². The summed E-state index contributed by atoms with van der Waals surface area (Å²) in [6.07, 6.45) is 11.9. The van der Waals surface area contributed by atoms with Crippen LogP contribution in [0.5, 0.6) is 11.5 Å². The van der Waals surface area contributed by atoms with Crippen LogP contribution in [0.3, 0.4) is 0 Å². The number of carbonyl (C=O) groups excluding carboxylic acids is 1. The van der Waals surface area contributed by atoms with Gasteiger partial charge in [0.1, 0.15) is 11.5 Å². The van der Waals surface area contributed by atoms with Gasteiger partial charge in [0.05, 0.1) is 14.2 Å². The number of hydrogen-bond donors (Lipinski definition) is 1. The zero-order chi connectivity index (χ0) is 24.2. The maximum absolute atomic E-state index is 12.4. The molecule has 1 heterocycles. The maximum Gasteiger partial charge on any atom is 0.244 e. The van der Waals surface area contributed by atoms with Crippen LogP contribution < -0.4 is 14.8 Å². The largest absolute Gasteiger partial charge is 0.497 e. The van der Waals surface area contributed by atoms with Crippen LogP contribution in [0.1, 0.15) is 36.5 Å². The van der Waals surface area contributed by atoms with Crippen LogP contribution in [0.15, 0.2) is 91.3 Å². The van der Waals surface area contributed by atoms with Crippen molar-refractivity contribution < 1.29 is 14.3 Å². The maximum atomic E-state index is 12.4. The molecule has 1 amide bonds. The molecule has 0 aliphatic heterocycles. The van der Waals surface area contributed by atoms with Gasteiger partial charge in [-0.1, -0.05) is 42.5 Å². The number of pyridine rings is 1. The first-order valence-electron chi connectivity index (χ1n) is 11.5. The molecule has 3 rings (SSSR count). The van der Waals surface area contributed by atoms with Crippen molar-refractivity contribution in [2.45, 2.75) is 32.2 Å². The summed E-state index contributed by atoms with van der Waals surface area (Å²) < 4.78 is 10.6. The highest BCUT2D eigenvalue weighted by Gasteiger charge is 2.07. The van der Waals surface area contributed by atoms with Gasteiger partial charge >= 0.3 is 0 Å². The molecule has 5 nitrogen and oxygen atoms in total. The predicted molar refractivity (Wildman–Crippen MR) is 137 cm³/mol. The molecule has 1 N–H and O–H groups in total. The number of rotatable bonds is 11. The molecule has 0 saturated heterocycles. The van der Waals surface area contributed by atoms with Gasteiger partial charge in [0.25, 0.3) is 0 Å². The van der Waals surface area contributed by atoms with Gasteiger partial charge in [-0.3, -0.25) is 9.78 Å². The van der Waals surface area contributed by atoms with Gasteiger partial charge in [-0.05, 0) is 78.8 Å². The summed E-state index contributed by atoms with van der Waals surface area (Å²) in [6.45, 7) is 2.03. The summed E-state index contributed by atoms with van der Waals surface area (Å²) >= 11 is 0. The van der Waals surface area contributed by atoms with E-state index < -0.39 is 0 Å². The minimum atomic E-state index is -0.103. The number of allylic oxidation sites excluding steroid dienone is 2. The molecule has 5 heteroatoms. The summed E-state index contributed by atoms with van der Waals surface area (Å²) in [6, 6.07) is 19.9. The SMILES string of the molecule is COc1ccc(C(=C/C=C/C(=O)NC(C)CCCc2cccnc2)c2ccc(OC)cc2)cc1. The number of nitrogens with zero attached hydrogens (tertiary/aromatic N) is 1. The third-order valence-electron chi connectivity index (χ3n) is 5.53. The predicted octanol–water partition coefficient (Wildman–Crippen LogP) is 5.61. The molecule has 1 atom stereocenters. The number of carbonyl (C=O) groups is 1. The van der Waals surface area contributed by atoms with Crippen LogP contribution in [0.25, 0.3) is 5.57 Å². The Hall–Kier alpha value is -3.86. The fourth-order valence-electron chi connectivity index (χ4n) is 3.65. The molecule has 0 fully saturated rings. The van der Waals surface area contributed by atoms with Crippen molar-refractivity contribution in [3.8, 4) is 11.5 Å². The number of aryl methyl sites for hydroxylation is 1. The van der Waals surface area contributed by atoms with Gasteiger partial charge in [-0.15, -0.1) is 0 Å². The lowest BCUT2D eigenvalue weighted by Gasteiger charge is -2.12. The topological polar surface area (TPSA) is 60.5 Å². The van der Waals surface area contributed by atoms with Crippen molar-refractivity contribution in [3.05, 3.63) is 108 Å². The Morgan fingerprint density at radius 3 is 2.12 bits per heavy atom. The summed E-state index contributed by atoms with van der Waals surface area (Å²) in [5.74, 6) is 1.49. The average Bonchev–Trinajstić information content (AvgIpc) is 2.87. The fourth-order valence-corrected chi connectivity index (χ4v) is 3.65. The van der Waals surface area contributed by atoms with Crippen LogP contribution in [0, 0.1) is 0 Å². The lowest BCUT2D eigenvalue weighted by Crippen LogP contribution is -2.31. The third-order valence-corrected chi connectivity index (χ3v) is 5.53. The lowest BCUT2D eigenvalue weighted by molar-refractivity contribution is -0.117. The molecule has 0 aliphatic carbocycles. The summed E-state index contributed by atoms with van der Waals surface area (Å²) in [5.41, 5.74) is 4.27. The molecule has 0 saturated carbocycles.